The molecule has 1 amide bonds. The van der Waals surface area contributed by atoms with Gasteiger partial charge in [-0.15, -0.1) is 10.2 Å². The molecule has 3 rings (SSSR count). The molecule has 2 heterocycles. The van der Waals surface area contributed by atoms with Crippen LogP contribution < -0.4 is 4.31 Å². The summed E-state index contributed by atoms with van der Waals surface area (Å²) in [6.07, 6.45) is 0. The first kappa shape index (κ1) is 13.6. The molecule has 0 atom stereocenters. The molecule has 0 unspecified atom stereocenters. The van der Waals surface area contributed by atoms with E-state index in [-0.39, 0.29) is 21.2 Å². The van der Waals surface area contributed by atoms with Crippen LogP contribution in [0.3, 0.4) is 0 Å². The van der Waals surface area contributed by atoms with Gasteiger partial charge in [-0.25, -0.2) is 13.2 Å². The second-order valence-corrected chi connectivity index (χ2v) is 7.11. The molecule has 108 valence electrons. The number of hydrogen-bond acceptors (Lipinski definition) is 7. The molecule has 21 heavy (non-hydrogen) atoms. The summed E-state index contributed by atoms with van der Waals surface area (Å²) in [6, 6.07) is 3.34. The molecule has 2 aromatic rings. The Kier molecular flexibility index (Phi) is 2.81. The van der Waals surface area contributed by atoms with Crippen LogP contribution in [0, 0.1) is 6.92 Å². The molecular weight excluding hydrogens is 318 g/mol. The number of amides is 1. The number of carbonyl (C=O) groups excluding carboxylic acids is 1. The summed E-state index contributed by atoms with van der Waals surface area (Å²) >= 11 is 0.960. The highest BCUT2D eigenvalue weighted by atomic mass is 32.2. The third-order valence-corrected chi connectivity index (χ3v) is 5.50. The van der Waals surface area contributed by atoms with Crippen LogP contribution >= 0.6 is 11.3 Å². The van der Waals surface area contributed by atoms with Crippen molar-refractivity contribution in [2.24, 2.45) is 0 Å². The summed E-state index contributed by atoms with van der Waals surface area (Å²) in [7, 11) is -4.16. The first-order valence-electron chi connectivity index (χ1n) is 5.59. The van der Waals surface area contributed by atoms with Crippen molar-refractivity contribution < 1.29 is 23.1 Å². The van der Waals surface area contributed by atoms with Gasteiger partial charge in [0, 0.05) is 0 Å². The van der Waals surface area contributed by atoms with E-state index in [1.807, 2.05) is 0 Å². The first-order chi connectivity index (χ1) is 9.82. The number of aromatic nitrogens is 2. The summed E-state index contributed by atoms with van der Waals surface area (Å²) in [4.78, 5) is 22.8. The quantitative estimate of drug-likeness (QED) is 0.871. The second-order valence-electron chi connectivity index (χ2n) is 4.19. The molecule has 0 fully saturated rings. The van der Waals surface area contributed by atoms with Crippen molar-refractivity contribution >= 4 is 38.4 Å². The minimum atomic E-state index is -4.16. The Morgan fingerprint density at radius 3 is 2.62 bits per heavy atom. The number of benzene rings is 1. The summed E-state index contributed by atoms with van der Waals surface area (Å²) < 4.78 is 25.4. The maximum Gasteiger partial charge on any atom is 0.335 e. The summed E-state index contributed by atoms with van der Waals surface area (Å²) in [5.41, 5.74) is -0.284. The highest BCUT2D eigenvalue weighted by Gasteiger charge is 2.44. The SMILES string of the molecule is Cc1nnc(N2C(=O)c3ccc(C(=O)O)cc3S2(=O)=O)s1. The lowest BCUT2D eigenvalue weighted by molar-refractivity contribution is 0.0696. The predicted octanol–water partition coefficient (Wildman–Crippen LogP) is 0.894. The van der Waals surface area contributed by atoms with E-state index in [1.165, 1.54) is 12.1 Å². The van der Waals surface area contributed by atoms with Crippen molar-refractivity contribution in [3.8, 4) is 0 Å². The third kappa shape index (κ3) is 1.91. The maximum atomic E-state index is 12.4. The van der Waals surface area contributed by atoms with E-state index in [0.29, 0.717) is 9.31 Å². The lowest BCUT2D eigenvalue weighted by Gasteiger charge is -2.09. The van der Waals surface area contributed by atoms with E-state index in [1.54, 1.807) is 6.92 Å². The highest BCUT2D eigenvalue weighted by molar-refractivity contribution is 7.94. The van der Waals surface area contributed by atoms with Crippen molar-refractivity contribution in [2.45, 2.75) is 11.8 Å². The van der Waals surface area contributed by atoms with Crippen LogP contribution in [-0.4, -0.2) is 35.6 Å². The van der Waals surface area contributed by atoms with Gasteiger partial charge in [-0.05, 0) is 25.1 Å². The number of fused-ring (bicyclic) bond motifs is 1. The van der Waals surface area contributed by atoms with E-state index in [4.69, 9.17) is 5.11 Å². The second kappa shape index (κ2) is 4.33. The van der Waals surface area contributed by atoms with Crippen LogP contribution in [0.2, 0.25) is 0 Å². The molecular formula is C11H7N3O5S2. The first-order valence-corrected chi connectivity index (χ1v) is 7.85. The predicted molar refractivity (Wildman–Crippen MR) is 72.0 cm³/mol. The molecule has 1 aromatic carbocycles. The third-order valence-electron chi connectivity index (χ3n) is 2.85. The van der Waals surface area contributed by atoms with E-state index < -0.39 is 21.9 Å². The molecule has 0 aliphatic carbocycles. The Morgan fingerprint density at radius 2 is 2.05 bits per heavy atom. The number of rotatable bonds is 2. The van der Waals surface area contributed by atoms with Crippen molar-refractivity contribution in [2.75, 3.05) is 4.31 Å². The molecule has 8 nitrogen and oxygen atoms in total. The largest absolute Gasteiger partial charge is 0.478 e. The zero-order chi connectivity index (χ0) is 15.4. The lowest BCUT2D eigenvalue weighted by atomic mass is 10.1. The Bertz CT molecular complexity index is 887. The Labute approximate surface area is 122 Å². The number of carboxylic acid groups (broad SMARTS) is 1. The summed E-state index contributed by atoms with van der Waals surface area (Å²) in [6.45, 7) is 1.63. The van der Waals surface area contributed by atoms with Gasteiger partial charge < -0.3 is 5.11 Å². The Balaban J connectivity index is 2.21. The van der Waals surface area contributed by atoms with Crippen LogP contribution in [0.25, 0.3) is 0 Å². The number of nitrogens with zero attached hydrogens (tertiary/aromatic N) is 3. The van der Waals surface area contributed by atoms with E-state index in [2.05, 4.69) is 10.2 Å². The molecule has 1 aromatic heterocycles. The van der Waals surface area contributed by atoms with Crippen molar-refractivity contribution in [1.29, 1.82) is 0 Å². The average molecular weight is 325 g/mol. The Hall–Kier alpha value is -2.33. The Morgan fingerprint density at radius 1 is 1.33 bits per heavy atom. The molecule has 10 heteroatoms. The van der Waals surface area contributed by atoms with Gasteiger partial charge in [-0.2, -0.15) is 4.31 Å². The summed E-state index contributed by atoms with van der Waals surface area (Å²) in [5, 5.41) is 16.7. The zero-order valence-corrected chi connectivity index (χ0v) is 12.1. The van der Waals surface area contributed by atoms with Gasteiger partial charge in [0.25, 0.3) is 15.9 Å². The molecule has 0 saturated heterocycles. The van der Waals surface area contributed by atoms with E-state index >= 15 is 0 Å². The van der Waals surface area contributed by atoms with Crippen LogP contribution in [-0.2, 0) is 10.0 Å². The number of aromatic carboxylic acids is 1. The van der Waals surface area contributed by atoms with Crippen molar-refractivity contribution in [3.63, 3.8) is 0 Å². The maximum absolute atomic E-state index is 12.4. The van der Waals surface area contributed by atoms with Gasteiger partial charge in [0.1, 0.15) is 9.90 Å². The fraction of sp³-hybridized carbons (Fsp3) is 0.0909. The van der Waals surface area contributed by atoms with E-state index in [9.17, 15) is 18.0 Å². The molecule has 1 aliphatic heterocycles. The number of aryl methyl sites for hydroxylation is 1. The standard InChI is InChI=1S/C11H7N3O5S2/c1-5-12-13-11(20-5)14-9(15)7-3-2-6(10(16)17)4-8(7)21(14,18)19/h2-4H,1H3,(H,16,17). The molecule has 0 saturated carbocycles. The van der Waals surface area contributed by atoms with Crippen LogP contribution in [0.5, 0.6) is 0 Å². The zero-order valence-electron chi connectivity index (χ0n) is 10.5. The number of hydrogen-bond donors (Lipinski definition) is 1. The topological polar surface area (TPSA) is 118 Å². The van der Waals surface area contributed by atoms with Crippen molar-refractivity contribution in [1.82, 2.24) is 10.2 Å². The smallest absolute Gasteiger partial charge is 0.335 e. The highest BCUT2D eigenvalue weighted by Crippen LogP contribution is 2.36. The van der Waals surface area contributed by atoms with Gasteiger partial charge in [-0.3, -0.25) is 4.79 Å². The molecule has 1 N–H and O–H groups in total. The monoisotopic (exact) mass is 325 g/mol. The number of anilines is 1. The molecule has 0 spiro atoms. The van der Waals surface area contributed by atoms with Gasteiger partial charge in [0.05, 0.1) is 11.1 Å². The fourth-order valence-electron chi connectivity index (χ4n) is 1.92. The normalized spacial score (nSPS) is 16.0. The van der Waals surface area contributed by atoms with Crippen LogP contribution in [0.15, 0.2) is 23.1 Å². The minimum Gasteiger partial charge on any atom is -0.478 e. The van der Waals surface area contributed by atoms with Gasteiger partial charge in [0.2, 0.25) is 5.13 Å². The lowest BCUT2D eigenvalue weighted by Crippen LogP contribution is -2.29. The van der Waals surface area contributed by atoms with E-state index in [0.717, 1.165) is 17.4 Å². The van der Waals surface area contributed by atoms with Gasteiger partial charge in [-0.1, -0.05) is 11.3 Å². The number of carbonyl (C=O) groups is 2. The number of sulfonamides is 1. The van der Waals surface area contributed by atoms with Crippen LogP contribution in [0.4, 0.5) is 5.13 Å². The van der Waals surface area contributed by atoms with Crippen molar-refractivity contribution in [3.05, 3.63) is 34.3 Å². The van der Waals surface area contributed by atoms with Gasteiger partial charge >= 0.3 is 5.97 Å². The fourth-order valence-corrected chi connectivity index (χ4v) is 4.38. The summed E-state index contributed by atoms with van der Waals surface area (Å²) in [5.74, 6) is -2.04. The molecule has 1 aliphatic rings. The molecule has 0 radical (unpaired) electrons. The molecule has 0 bridgehead atoms. The van der Waals surface area contributed by atoms with Gasteiger partial charge in [0.15, 0.2) is 0 Å². The van der Waals surface area contributed by atoms with Crippen LogP contribution in [0.1, 0.15) is 25.7 Å². The number of carboxylic acids is 1. The average Bonchev–Trinajstić information content (AvgIpc) is 2.90. The minimum absolute atomic E-state index is 0.0643.